The summed E-state index contributed by atoms with van der Waals surface area (Å²) in [5, 5.41) is 28.3. The molecule has 0 amide bonds. The molecule has 4 aliphatic rings. The fraction of sp³-hybridized carbons (Fsp3) is 0.824. The predicted octanol–water partition coefficient (Wildman–Crippen LogP) is 6.04. The number of aliphatic carboxylic acids is 1. The van der Waals surface area contributed by atoms with Gasteiger partial charge in [-0.3, -0.25) is 9.78 Å². The van der Waals surface area contributed by atoms with E-state index < -0.39 is 5.97 Å². The Morgan fingerprint density at radius 2 is 1.82 bits per heavy atom. The van der Waals surface area contributed by atoms with E-state index in [1.54, 1.807) is 0 Å². The lowest BCUT2D eigenvalue weighted by Crippen LogP contribution is -2.59. The molecule has 0 aliphatic heterocycles. The fourth-order valence-corrected chi connectivity index (χ4v) is 10.3. The summed E-state index contributed by atoms with van der Waals surface area (Å²) in [7, 11) is 0. The molecule has 6 heteroatoms. The van der Waals surface area contributed by atoms with E-state index in [0.29, 0.717) is 47.0 Å². The van der Waals surface area contributed by atoms with Crippen molar-refractivity contribution in [2.45, 2.75) is 117 Å². The molecule has 0 saturated heterocycles. The van der Waals surface area contributed by atoms with Gasteiger partial charge in [0.1, 0.15) is 0 Å². The second kappa shape index (κ2) is 12.8. The topological polar surface area (TPSA) is 94.5 Å². The first kappa shape index (κ1) is 30.0. The van der Waals surface area contributed by atoms with Crippen LogP contribution in [0.15, 0.2) is 24.4 Å². The molecule has 40 heavy (non-hydrogen) atoms. The summed E-state index contributed by atoms with van der Waals surface area (Å²) in [6.07, 6.45) is 14.8. The Bertz CT molecular complexity index is 974. The lowest BCUT2D eigenvalue weighted by atomic mass is 9.43. The minimum atomic E-state index is -0.671. The lowest BCUT2D eigenvalue weighted by molar-refractivity contribution is -0.167. The number of hydrogen-bond donors (Lipinski definition) is 4. The smallest absolute Gasteiger partial charge is 0.303 e. The molecule has 4 aliphatic carbocycles. The van der Waals surface area contributed by atoms with Crippen LogP contribution in [0.3, 0.4) is 0 Å². The Morgan fingerprint density at radius 1 is 1.05 bits per heavy atom. The van der Waals surface area contributed by atoms with Crippen LogP contribution in [0, 0.1) is 46.3 Å². The molecule has 1 heterocycles. The number of unbranched alkanes of at least 4 members (excludes halogenated alkanes) is 1. The molecular formula is C34H55N3O3. The Labute approximate surface area is 242 Å². The van der Waals surface area contributed by atoms with Crippen molar-refractivity contribution < 1.29 is 15.0 Å². The van der Waals surface area contributed by atoms with Crippen LogP contribution in [0.4, 0.5) is 0 Å². The number of nitrogens with one attached hydrogen (secondary N) is 2. The maximum Gasteiger partial charge on any atom is 0.303 e. The van der Waals surface area contributed by atoms with Crippen LogP contribution in [0.5, 0.6) is 0 Å². The van der Waals surface area contributed by atoms with Gasteiger partial charge in [-0.2, -0.15) is 0 Å². The number of aromatic nitrogens is 1. The molecule has 5 rings (SSSR count). The van der Waals surface area contributed by atoms with Gasteiger partial charge in [0.25, 0.3) is 0 Å². The van der Waals surface area contributed by atoms with E-state index in [2.05, 4.69) is 42.5 Å². The van der Waals surface area contributed by atoms with Gasteiger partial charge in [0, 0.05) is 25.2 Å². The van der Waals surface area contributed by atoms with Crippen molar-refractivity contribution in [2.24, 2.45) is 46.3 Å². The average Bonchev–Trinajstić information content (AvgIpc) is 3.29. The Balaban J connectivity index is 1.10. The van der Waals surface area contributed by atoms with Crippen molar-refractivity contribution in [3.8, 4) is 0 Å². The van der Waals surface area contributed by atoms with Crippen molar-refractivity contribution in [3.05, 3.63) is 30.1 Å². The SMILES string of the molecule is C[C@H](CCC(=O)O)[C@H]1CCC2C3C(CC[C@@]21C)[C@@]1(C)CC[C@@H](NCCCCNCc2ccccn2)C[C@@H]1C[C@H]3O. The van der Waals surface area contributed by atoms with Gasteiger partial charge in [-0.05, 0) is 142 Å². The Hall–Kier alpha value is -1.50. The number of aliphatic hydroxyl groups excluding tert-OH is 1. The first-order chi connectivity index (χ1) is 19.2. The van der Waals surface area contributed by atoms with Crippen molar-refractivity contribution in [1.29, 1.82) is 0 Å². The molecule has 224 valence electrons. The van der Waals surface area contributed by atoms with Gasteiger partial charge in [0.05, 0.1) is 11.8 Å². The number of carboxylic acid groups (broad SMARTS) is 1. The molecule has 0 spiro atoms. The molecule has 3 unspecified atom stereocenters. The zero-order chi connectivity index (χ0) is 28.3. The standard InChI is InChI=1S/C34H55N3O3/c1-23(9-12-31(39)40)27-10-11-28-32-29(14-16-34(27,28)3)33(2)15-13-25(20-24(33)21-30(32)38)36-19-7-6-17-35-22-26-8-4-5-18-37-26/h4-5,8,18,23-25,27-30,32,35-36,38H,6-7,9-17,19-22H2,1-3H3,(H,39,40)/t23-,24-,25-,27-,28?,29?,30-,32?,33+,34-/m1/s1. The largest absolute Gasteiger partial charge is 0.481 e. The number of carboxylic acids is 1. The highest BCUT2D eigenvalue weighted by atomic mass is 16.4. The van der Waals surface area contributed by atoms with Crippen LogP contribution in [-0.4, -0.2) is 46.4 Å². The minimum absolute atomic E-state index is 0.176. The lowest BCUT2D eigenvalue weighted by Gasteiger charge is -2.62. The summed E-state index contributed by atoms with van der Waals surface area (Å²) < 4.78 is 0. The zero-order valence-corrected chi connectivity index (χ0v) is 25.3. The maximum atomic E-state index is 11.7. The Kier molecular flexibility index (Phi) is 9.58. The summed E-state index contributed by atoms with van der Waals surface area (Å²) in [5.74, 6) is 2.66. The van der Waals surface area contributed by atoms with Gasteiger partial charge in [0.2, 0.25) is 0 Å². The van der Waals surface area contributed by atoms with E-state index >= 15 is 0 Å². The normalized spacial score (nSPS) is 39.6. The molecule has 4 N–H and O–H groups in total. The van der Waals surface area contributed by atoms with Crippen molar-refractivity contribution in [2.75, 3.05) is 13.1 Å². The molecule has 6 nitrogen and oxygen atoms in total. The number of aliphatic hydroxyl groups is 1. The molecule has 4 fully saturated rings. The summed E-state index contributed by atoms with van der Waals surface area (Å²) >= 11 is 0. The summed E-state index contributed by atoms with van der Waals surface area (Å²) in [4.78, 5) is 15.6. The summed E-state index contributed by atoms with van der Waals surface area (Å²) in [6, 6.07) is 6.65. The van der Waals surface area contributed by atoms with E-state index in [-0.39, 0.29) is 17.9 Å². The van der Waals surface area contributed by atoms with E-state index in [1.165, 1.54) is 57.8 Å². The molecule has 0 aromatic carbocycles. The highest BCUT2D eigenvalue weighted by molar-refractivity contribution is 5.66. The molecule has 10 atom stereocenters. The molecular weight excluding hydrogens is 498 g/mol. The van der Waals surface area contributed by atoms with E-state index in [0.717, 1.165) is 38.2 Å². The second-order valence-corrected chi connectivity index (χ2v) is 14.6. The monoisotopic (exact) mass is 553 g/mol. The number of fused-ring (bicyclic) bond motifs is 5. The third kappa shape index (κ3) is 6.15. The maximum absolute atomic E-state index is 11.7. The van der Waals surface area contributed by atoms with Crippen LogP contribution in [-0.2, 0) is 11.3 Å². The van der Waals surface area contributed by atoms with E-state index in [1.807, 2.05) is 18.3 Å². The highest BCUT2D eigenvalue weighted by Crippen LogP contribution is 2.68. The molecule has 1 aromatic rings. The summed E-state index contributed by atoms with van der Waals surface area (Å²) in [5.41, 5.74) is 1.71. The number of nitrogens with zero attached hydrogens (tertiary/aromatic N) is 1. The van der Waals surface area contributed by atoms with Gasteiger partial charge in [-0.15, -0.1) is 0 Å². The number of rotatable bonds is 12. The first-order valence-corrected chi connectivity index (χ1v) is 16.5. The van der Waals surface area contributed by atoms with Gasteiger partial charge in [0.15, 0.2) is 0 Å². The second-order valence-electron chi connectivity index (χ2n) is 14.6. The average molecular weight is 554 g/mol. The van der Waals surface area contributed by atoms with Gasteiger partial charge in [-0.25, -0.2) is 0 Å². The van der Waals surface area contributed by atoms with Crippen LogP contribution in [0.2, 0.25) is 0 Å². The third-order valence-corrected chi connectivity index (χ3v) is 12.5. The van der Waals surface area contributed by atoms with E-state index in [9.17, 15) is 15.0 Å². The molecule has 0 bridgehead atoms. The number of hydrogen-bond acceptors (Lipinski definition) is 5. The first-order valence-electron chi connectivity index (χ1n) is 16.5. The number of pyridine rings is 1. The van der Waals surface area contributed by atoms with Gasteiger partial charge < -0.3 is 20.8 Å². The van der Waals surface area contributed by atoms with Crippen LogP contribution in [0.1, 0.15) is 104 Å². The third-order valence-electron chi connectivity index (χ3n) is 12.5. The Morgan fingerprint density at radius 3 is 2.60 bits per heavy atom. The summed E-state index contributed by atoms with van der Waals surface area (Å²) in [6.45, 7) is 10.3. The molecule has 4 saturated carbocycles. The van der Waals surface area contributed by atoms with E-state index in [4.69, 9.17) is 0 Å². The van der Waals surface area contributed by atoms with Crippen LogP contribution < -0.4 is 10.6 Å². The van der Waals surface area contributed by atoms with Crippen LogP contribution in [0.25, 0.3) is 0 Å². The predicted molar refractivity (Wildman–Crippen MR) is 160 cm³/mol. The van der Waals surface area contributed by atoms with Crippen molar-refractivity contribution in [3.63, 3.8) is 0 Å². The highest BCUT2D eigenvalue weighted by Gasteiger charge is 2.62. The van der Waals surface area contributed by atoms with Crippen molar-refractivity contribution >= 4 is 5.97 Å². The zero-order valence-electron chi connectivity index (χ0n) is 25.3. The molecule has 1 aromatic heterocycles. The van der Waals surface area contributed by atoms with Gasteiger partial charge >= 0.3 is 5.97 Å². The molecule has 0 radical (unpaired) electrons. The quantitative estimate of drug-likeness (QED) is 0.236. The fourth-order valence-electron chi connectivity index (χ4n) is 10.3. The minimum Gasteiger partial charge on any atom is -0.481 e. The number of carbonyl (C=O) groups is 1. The van der Waals surface area contributed by atoms with Crippen molar-refractivity contribution in [1.82, 2.24) is 15.6 Å². The van der Waals surface area contributed by atoms with Gasteiger partial charge in [-0.1, -0.05) is 26.8 Å². The van der Waals surface area contributed by atoms with Crippen LogP contribution >= 0.6 is 0 Å².